The number of thiazole rings is 1. The molecule has 0 radical (unpaired) electrons. The molecule has 0 unspecified atom stereocenters. The zero-order chi connectivity index (χ0) is 20.6. The third-order valence-corrected chi connectivity index (χ3v) is 4.49. The van der Waals surface area contributed by atoms with E-state index in [-0.39, 0.29) is 12.2 Å². The van der Waals surface area contributed by atoms with Crippen LogP contribution in [-0.4, -0.2) is 23.4 Å². The zero-order valence-corrected chi connectivity index (χ0v) is 16.0. The van der Waals surface area contributed by atoms with Gasteiger partial charge in [-0.05, 0) is 23.8 Å². The summed E-state index contributed by atoms with van der Waals surface area (Å²) in [4.78, 5) is 27.5. The smallest absolute Gasteiger partial charge is 0.268 e. The van der Waals surface area contributed by atoms with Crippen LogP contribution in [0.4, 0.5) is 5.13 Å². The number of nitrogens with one attached hydrogen (secondary N) is 1. The summed E-state index contributed by atoms with van der Waals surface area (Å²) in [5.41, 5.74) is 7.29. The van der Waals surface area contributed by atoms with Gasteiger partial charge in [0.05, 0.1) is 5.69 Å². The average molecular weight is 404 g/mol. The van der Waals surface area contributed by atoms with Crippen LogP contribution in [0.1, 0.15) is 5.56 Å². The van der Waals surface area contributed by atoms with Crippen LogP contribution in [-0.2, 0) is 9.59 Å². The number of aromatic nitrogens is 1. The van der Waals surface area contributed by atoms with Gasteiger partial charge in [0.25, 0.3) is 11.8 Å². The lowest BCUT2D eigenvalue weighted by atomic mass is 10.1. The number of nitrogens with zero attached hydrogens (tertiary/aromatic N) is 2. The number of anilines is 1. The Labute approximate surface area is 171 Å². The number of hydrogen-bond acceptors (Lipinski definition) is 6. The van der Waals surface area contributed by atoms with Gasteiger partial charge in [0.15, 0.2) is 11.7 Å². The first kappa shape index (κ1) is 19.8. The summed E-state index contributed by atoms with van der Waals surface area (Å²) in [6, 6.07) is 18.1. The minimum Gasteiger partial charge on any atom is -0.484 e. The number of nitrogens with two attached hydrogens (primary N) is 1. The molecule has 8 heteroatoms. The Morgan fingerprint density at radius 1 is 1.17 bits per heavy atom. The first-order valence-corrected chi connectivity index (χ1v) is 9.38. The van der Waals surface area contributed by atoms with Crippen LogP contribution >= 0.6 is 11.3 Å². The van der Waals surface area contributed by atoms with Crippen molar-refractivity contribution >= 4 is 34.4 Å². The van der Waals surface area contributed by atoms with Crippen LogP contribution in [0.5, 0.6) is 5.75 Å². The minimum atomic E-state index is -0.574. The molecule has 7 nitrogen and oxygen atoms in total. The molecule has 3 N–H and O–H groups in total. The number of primary amides is 1. The van der Waals surface area contributed by atoms with Gasteiger partial charge in [0, 0.05) is 10.9 Å². The summed E-state index contributed by atoms with van der Waals surface area (Å²) < 4.78 is 5.17. The van der Waals surface area contributed by atoms with Gasteiger partial charge in [-0.1, -0.05) is 42.5 Å². The molecule has 2 aromatic carbocycles. The maximum absolute atomic E-state index is 12.4. The average Bonchev–Trinajstić information content (AvgIpc) is 3.20. The first-order valence-electron chi connectivity index (χ1n) is 8.50. The monoisotopic (exact) mass is 404 g/mol. The molecule has 0 bridgehead atoms. The van der Waals surface area contributed by atoms with Crippen LogP contribution in [0.2, 0.25) is 0 Å². The largest absolute Gasteiger partial charge is 0.484 e. The SMILES string of the molecule is N#C/C(=C/c1ccc(OCC(N)=O)cc1)C(=O)Nc1nc(-c2ccccc2)cs1. The fourth-order valence-electron chi connectivity index (χ4n) is 2.37. The maximum Gasteiger partial charge on any atom is 0.268 e. The topological polar surface area (TPSA) is 118 Å². The highest BCUT2D eigenvalue weighted by atomic mass is 32.1. The molecular formula is C21H16N4O3S. The van der Waals surface area contributed by atoms with Gasteiger partial charge in [-0.3, -0.25) is 14.9 Å². The minimum absolute atomic E-state index is 0.0627. The molecule has 1 heterocycles. The zero-order valence-electron chi connectivity index (χ0n) is 15.2. The van der Waals surface area contributed by atoms with E-state index in [2.05, 4.69) is 10.3 Å². The molecule has 0 aliphatic rings. The van der Waals surface area contributed by atoms with Crippen LogP contribution < -0.4 is 15.8 Å². The molecule has 0 saturated heterocycles. The second kappa shape index (κ2) is 9.30. The number of rotatable bonds is 7. The summed E-state index contributed by atoms with van der Waals surface area (Å²) in [6.45, 7) is -0.222. The standard InChI is InChI=1S/C21H16N4O3S/c22-11-16(10-14-6-8-17(9-7-14)28-12-19(23)26)20(27)25-21-24-18(13-29-21)15-4-2-1-3-5-15/h1-10,13H,12H2,(H2,23,26)(H,24,25,27)/b16-10-. The van der Waals surface area contributed by atoms with Crippen LogP contribution in [0, 0.1) is 11.3 Å². The predicted molar refractivity (Wildman–Crippen MR) is 111 cm³/mol. The molecule has 0 aliphatic carbocycles. The Hall–Kier alpha value is -3.96. The van der Waals surface area contributed by atoms with Crippen LogP contribution in [0.15, 0.2) is 65.6 Å². The van der Waals surface area contributed by atoms with Gasteiger partial charge in [0.1, 0.15) is 17.4 Å². The van der Waals surface area contributed by atoms with Crippen molar-refractivity contribution in [3.63, 3.8) is 0 Å². The van der Waals surface area contributed by atoms with Gasteiger partial charge in [-0.15, -0.1) is 11.3 Å². The lowest BCUT2D eigenvalue weighted by Crippen LogP contribution is -2.19. The van der Waals surface area contributed by atoms with E-state index in [9.17, 15) is 14.9 Å². The van der Waals surface area contributed by atoms with Crippen molar-refractivity contribution in [2.24, 2.45) is 5.73 Å². The molecule has 3 rings (SSSR count). The molecule has 0 saturated carbocycles. The fourth-order valence-corrected chi connectivity index (χ4v) is 3.08. The van der Waals surface area contributed by atoms with Crippen LogP contribution in [0.3, 0.4) is 0 Å². The number of carbonyl (C=O) groups excluding carboxylic acids is 2. The molecule has 29 heavy (non-hydrogen) atoms. The predicted octanol–water partition coefficient (Wildman–Crippen LogP) is 3.22. The van der Waals surface area contributed by atoms with E-state index in [1.165, 1.54) is 17.4 Å². The summed E-state index contributed by atoms with van der Waals surface area (Å²) >= 11 is 1.28. The highest BCUT2D eigenvalue weighted by molar-refractivity contribution is 7.14. The second-order valence-corrected chi connectivity index (χ2v) is 6.71. The summed E-state index contributed by atoms with van der Waals surface area (Å²) in [7, 11) is 0. The van der Waals surface area contributed by atoms with E-state index in [0.717, 1.165) is 11.3 Å². The van der Waals surface area contributed by atoms with E-state index >= 15 is 0 Å². The number of carbonyl (C=O) groups is 2. The molecule has 144 valence electrons. The van der Waals surface area contributed by atoms with Crippen molar-refractivity contribution in [2.45, 2.75) is 0 Å². The Balaban J connectivity index is 1.68. The Morgan fingerprint density at radius 2 is 1.90 bits per heavy atom. The van der Waals surface area contributed by atoms with E-state index < -0.39 is 11.8 Å². The normalized spacial score (nSPS) is 10.8. The lowest BCUT2D eigenvalue weighted by molar-refractivity contribution is -0.120. The van der Waals surface area contributed by atoms with E-state index in [1.54, 1.807) is 24.3 Å². The molecule has 0 atom stereocenters. The van der Waals surface area contributed by atoms with Crippen molar-refractivity contribution in [3.05, 3.63) is 71.1 Å². The summed E-state index contributed by atoms with van der Waals surface area (Å²) in [5.74, 6) is -0.661. The van der Waals surface area contributed by atoms with Crippen molar-refractivity contribution in [2.75, 3.05) is 11.9 Å². The number of ether oxygens (including phenoxy) is 1. The second-order valence-electron chi connectivity index (χ2n) is 5.85. The lowest BCUT2D eigenvalue weighted by Gasteiger charge is -2.04. The van der Waals surface area contributed by atoms with Crippen molar-refractivity contribution in [3.8, 4) is 23.1 Å². The molecule has 3 aromatic rings. The van der Waals surface area contributed by atoms with E-state index in [0.29, 0.717) is 16.4 Å². The van der Waals surface area contributed by atoms with Gasteiger partial charge in [-0.2, -0.15) is 5.26 Å². The first-order chi connectivity index (χ1) is 14.0. The highest BCUT2D eigenvalue weighted by Crippen LogP contribution is 2.25. The number of benzene rings is 2. The third kappa shape index (κ3) is 5.51. The Morgan fingerprint density at radius 3 is 2.55 bits per heavy atom. The van der Waals surface area contributed by atoms with Crippen LogP contribution in [0.25, 0.3) is 17.3 Å². The number of hydrogen-bond donors (Lipinski definition) is 2. The Kier molecular flexibility index (Phi) is 6.35. The van der Waals surface area contributed by atoms with E-state index in [4.69, 9.17) is 10.5 Å². The van der Waals surface area contributed by atoms with Gasteiger partial charge in [0.2, 0.25) is 0 Å². The summed E-state index contributed by atoms with van der Waals surface area (Å²) in [5, 5.41) is 14.2. The van der Waals surface area contributed by atoms with E-state index in [1.807, 2.05) is 41.8 Å². The number of amides is 2. The molecule has 0 fully saturated rings. The van der Waals surface area contributed by atoms with Crippen molar-refractivity contribution < 1.29 is 14.3 Å². The Bertz CT molecular complexity index is 1080. The van der Waals surface area contributed by atoms with Crippen molar-refractivity contribution in [1.29, 1.82) is 5.26 Å². The van der Waals surface area contributed by atoms with Crippen molar-refractivity contribution in [1.82, 2.24) is 4.98 Å². The molecule has 2 amide bonds. The highest BCUT2D eigenvalue weighted by Gasteiger charge is 2.12. The molecule has 0 aliphatic heterocycles. The van der Waals surface area contributed by atoms with Gasteiger partial charge < -0.3 is 10.5 Å². The summed E-state index contributed by atoms with van der Waals surface area (Å²) in [6.07, 6.45) is 1.46. The maximum atomic E-state index is 12.4. The third-order valence-electron chi connectivity index (χ3n) is 3.73. The fraction of sp³-hybridized carbons (Fsp3) is 0.0476. The van der Waals surface area contributed by atoms with Gasteiger partial charge >= 0.3 is 0 Å². The quantitative estimate of drug-likeness (QED) is 0.463. The number of nitriles is 1. The molecule has 0 spiro atoms. The molecular weight excluding hydrogens is 388 g/mol. The van der Waals surface area contributed by atoms with Gasteiger partial charge in [-0.25, -0.2) is 4.98 Å². The molecule has 1 aromatic heterocycles.